The van der Waals surface area contributed by atoms with Crippen molar-refractivity contribution in [1.82, 2.24) is 0 Å². The minimum Gasteiger partial charge on any atom is -0.462 e. The first-order valence-electron chi connectivity index (χ1n) is 6.17. The van der Waals surface area contributed by atoms with E-state index in [0.717, 1.165) is 12.8 Å². The molecule has 1 unspecified atom stereocenters. The maximum Gasteiger partial charge on any atom is 0.326 e. The van der Waals surface area contributed by atoms with Crippen molar-refractivity contribution in [2.24, 2.45) is 5.73 Å². The van der Waals surface area contributed by atoms with Crippen molar-refractivity contribution in [3.05, 3.63) is 0 Å². The van der Waals surface area contributed by atoms with E-state index >= 15 is 0 Å². The topological polar surface area (TPSA) is 72.6 Å². The zero-order valence-corrected chi connectivity index (χ0v) is 10.5. The summed E-state index contributed by atoms with van der Waals surface area (Å²) in [6.45, 7) is 3.92. The van der Waals surface area contributed by atoms with Crippen LogP contribution in [0.25, 0.3) is 0 Å². The summed E-state index contributed by atoms with van der Waals surface area (Å²) < 4.78 is 4.89. The molecular formula is C12H25NO3. The molecule has 4 heteroatoms. The van der Waals surface area contributed by atoms with Crippen LogP contribution in [0.4, 0.5) is 0 Å². The van der Waals surface area contributed by atoms with Crippen LogP contribution in [0.5, 0.6) is 0 Å². The highest BCUT2D eigenvalue weighted by Gasteiger charge is 2.32. The van der Waals surface area contributed by atoms with E-state index in [0.29, 0.717) is 12.8 Å². The largest absolute Gasteiger partial charge is 0.462 e. The number of ether oxygens (including phenoxy) is 1. The van der Waals surface area contributed by atoms with Crippen LogP contribution in [0.15, 0.2) is 0 Å². The molecule has 0 heterocycles. The monoisotopic (exact) mass is 231 g/mol. The molecule has 0 aromatic carbocycles. The molecule has 96 valence electrons. The molecule has 0 aromatic rings. The van der Waals surface area contributed by atoms with Crippen molar-refractivity contribution < 1.29 is 14.6 Å². The summed E-state index contributed by atoms with van der Waals surface area (Å²) in [6, 6.07) is 0. The highest BCUT2D eigenvalue weighted by atomic mass is 16.5. The van der Waals surface area contributed by atoms with Gasteiger partial charge in [0.15, 0.2) is 0 Å². The summed E-state index contributed by atoms with van der Waals surface area (Å²) >= 11 is 0. The lowest BCUT2D eigenvalue weighted by molar-refractivity contribution is -0.151. The maximum absolute atomic E-state index is 11.7. The second-order valence-corrected chi connectivity index (χ2v) is 4.18. The van der Waals surface area contributed by atoms with Crippen LogP contribution >= 0.6 is 0 Å². The number of hydrogen-bond acceptors (Lipinski definition) is 4. The minimum atomic E-state index is -0.872. The van der Waals surface area contributed by atoms with E-state index in [-0.39, 0.29) is 19.2 Å². The van der Waals surface area contributed by atoms with Gasteiger partial charge in [0.2, 0.25) is 0 Å². The zero-order chi connectivity index (χ0) is 12.4. The summed E-state index contributed by atoms with van der Waals surface area (Å²) in [4.78, 5) is 11.7. The lowest BCUT2D eigenvalue weighted by atomic mass is 9.90. The van der Waals surface area contributed by atoms with E-state index in [2.05, 4.69) is 6.92 Å². The molecule has 1 atom stereocenters. The third-order valence-electron chi connectivity index (χ3n) is 2.84. The van der Waals surface area contributed by atoms with Gasteiger partial charge in [-0.2, -0.15) is 0 Å². The molecule has 0 aliphatic carbocycles. The molecule has 0 saturated heterocycles. The van der Waals surface area contributed by atoms with Crippen molar-refractivity contribution in [2.75, 3.05) is 13.2 Å². The number of carbonyl (C=O) groups is 1. The van der Waals surface area contributed by atoms with Crippen LogP contribution in [0.2, 0.25) is 0 Å². The van der Waals surface area contributed by atoms with Gasteiger partial charge in [0.05, 0.1) is 6.61 Å². The van der Waals surface area contributed by atoms with E-state index in [1.165, 1.54) is 12.8 Å². The summed E-state index contributed by atoms with van der Waals surface area (Å²) in [5, 5.41) is 8.58. The van der Waals surface area contributed by atoms with Gasteiger partial charge in [-0.1, -0.05) is 39.5 Å². The van der Waals surface area contributed by atoms with Crippen LogP contribution in [0.1, 0.15) is 52.4 Å². The summed E-state index contributed by atoms with van der Waals surface area (Å²) in [5.41, 5.74) is 5.14. The SMILES string of the molecule is CCCCCCC(N)(CC)C(=O)OCCO. The van der Waals surface area contributed by atoms with Crippen molar-refractivity contribution in [1.29, 1.82) is 0 Å². The molecule has 0 fully saturated rings. The van der Waals surface area contributed by atoms with E-state index in [1.54, 1.807) is 0 Å². The van der Waals surface area contributed by atoms with E-state index in [9.17, 15) is 4.79 Å². The second-order valence-electron chi connectivity index (χ2n) is 4.18. The lowest BCUT2D eigenvalue weighted by Gasteiger charge is -2.25. The Morgan fingerprint density at radius 2 is 2.00 bits per heavy atom. The Balaban J connectivity index is 4.02. The smallest absolute Gasteiger partial charge is 0.326 e. The average molecular weight is 231 g/mol. The fourth-order valence-electron chi connectivity index (χ4n) is 1.57. The highest BCUT2D eigenvalue weighted by molar-refractivity contribution is 5.80. The van der Waals surface area contributed by atoms with E-state index in [4.69, 9.17) is 15.6 Å². The predicted molar refractivity (Wildman–Crippen MR) is 64.0 cm³/mol. The van der Waals surface area contributed by atoms with Gasteiger partial charge in [0.1, 0.15) is 12.1 Å². The minimum absolute atomic E-state index is 0.0345. The Bertz CT molecular complexity index is 197. The van der Waals surface area contributed by atoms with Gasteiger partial charge >= 0.3 is 5.97 Å². The van der Waals surface area contributed by atoms with Crippen molar-refractivity contribution in [2.45, 2.75) is 57.9 Å². The average Bonchev–Trinajstić information content (AvgIpc) is 2.31. The fraction of sp³-hybridized carbons (Fsp3) is 0.917. The zero-order valence-electron chi connectivity index (χ0n) is 10.5. The Hall–Kier alpha value is -0.610. The number of esters is 1. The molecule has 4 nitrogen and oxygen atoms in total. The summed E-state index contributed by atoms with van der Waals surface area (Å²) in [7, 11) is 0. The molecule has 0 aliphatic heterocycles. The third-order valence-corrected chi connectivity index (χ3v) is 2.84. The maximum atomic E-state index is 11.7. The molecular weight excluding hydrogens is 206 g/mol. The first-order chi connectivity index (χ1) is 7.60. The van der Waals surface area contributed by atoms with Crippen LogP contribution in [0, 0.1) is 0 Å². The Labute approximate surface area is 98.2 Å². The van der Waals surface area contributed by atoms with Crippen LogP contribution in [0.3, 0.4) is 0 Å². The first-order valence-corrected chi connectivity index (χ1v) is 6.17. The van der Waals surface area contributed by atoms with Crippen LogP contribution < -0.4 is 5.73 Å². The molecule has 0 rings (SSSR count). The van der Waals surface area contributed by atoms with Crippen molar-refractivity contribution >= 4 is 5.97 Å². The van der Waals surface area contributed by atoms with Crippen molar-refractivity contribution in [3.8, 4) is 0 Å². The molecule has 3 N–H and O–H groups in total. The van der Waals surface area contributed by atoms with Gasteiger partial charge in [0, 0.05) is 0 Å². The molecule has 0 amide bonds. The van der Waals surface area contributed by atoms with Gasteiger partial charge in [-0.25, -0.2) is 0 Å². The van der Waals surface area contributed by atoms with Crippen molar-refractivity contribution in [3.63, 3.8) is 0 Å². The van der Waals surface area contributed by atoms with Gasteiger partial charge in [-0.05, 0) is 12.8 Å². The number of carbonyl (C=O) groups excluding carboxylic acids is 1. The van der Waals surface area contributed by atoms with Gasteiger partial charge < -0.3 is 15.6 Å². The van der Waals surface area contributed by atoms with E-state index in [1.807, 2.05) is 6.92 Å². The van der Waals surface area contributed by atoms with Crippen LogP contribution in [-0.4, -0.2) is 29.8 Å². The molecule has 0 aliphatic rings. The summed E-state index contributed by atoms with van der Waals surface area (Å²) in [6.07, 6.45) is 5.62. The molecule has 0 aromatic heterocycles. The molecule has 0 bridgehead atoms. The second kappa shape index (κ2) is 8.53. The summed E-state index contributed by atoms with van der Waals surface area (Å²) in [5.74, 6) is -0.388. The first kappa shape index (κ1) is 15.4. The van der Waals surface area contributed by atoms with Gasteiger partial charge in [0.25, 0.3) is 0 Å². The Kier molecular flexibility index (Phi) is 8.21. The number of aliphatic hydroxyl groups excluding tert-OH is 1. The Morgan fingerprint density at radius 1 is 1.31 bits per heavy atom. The molecule has 0 spiro atoms. The number of nitrogens with two attached hydrogens (primary N) is 1. The number of aliphatic hydroxyl groups is 1. The normalized spacial score (nSPS) is 14.5. The molecule has 0 radical (unpaired) electrons. The number of hydrogen-bond donors (Lipinski definition) is 2. The Morgan fingerprint density at radius 3 is 2.50 bits per heavy atom. The lowest BCUT2D eigenvalue weighted by Crippen LogP contribution is -2.48. The predicted octanol–water partition coefficient (Wildman–Crippen LogP) is 1.60. The molecule has 0 saturated carbocycles. The van der Waals surface area contributed by atoms with Gasteiger partial charge in [-0.3, -0.25) is 4.79 Å². The van der Waals surface area contributed by atoms with E-state index < -0.39 is 5.54 Å². The van der Waals surface area contributed by atoms with Crippen LogP contribution in [-0.2, 0) is 9.53 Å². The quantitative estimate of drug-likeness (QED) is 0.467. The standard InChI is InChI=1S/C12H25NO3/c1-3-5-6-7-8-12(13,4-2)11(15)16-10-9-14/h14H,3-10,13H2,1-2H3. The molecule has 16 heavy (non-hydrogen) atoms. The number of rotatable bonds is 9. The fourth-order valence-corrected chi connectivity index (χ4v) is 1.57. The van der Waals surface area contributed by atoms with Gasteiger partial charge in [-0.15, -0.1) is 0 Å². The highest BCUT2D eigenvalue weighted by Crippen LogP contribution is 2.18. The third kappa shape index (κ3) is 5.47. The number of unbranched alkanes of at least 4 members (excludes halogenated alkanes) is 3.